The quantitative estimate of drug-likeness (QED) is 0.127. The number of Topliss-reactive ketones (excluding diaryl/α,β-unsaturated/α-hetero) is 1. The van der Waals surface area contributed by atoms with Crippen LogP contribution in [0.1, 0.15) is 50.8 Å². The van der Waals surface area contributed by atoms with Gasteiger partial charge in [-0.2, -0.15) is 0 Å². The third-order valence-corrected chi connectivity index (χ3v) is 12.3. The van der Waals surface area contributed by atoms with Crippen molar-refractivity contribution in [3.8, 4) is 0 Å². The number of quaternary nitrogens is 1. The van der Waals surface area contributed by atoms with E-state index in [1.54, 1.807) is 6.07 Å². The predicted molar refractivity (Wildman–Crippen MR) is 178 cm³/mol. The molecule has 2 aromatic rings. The Hall–Kier alpha value is -4.02. The van der Waals surface area contributed by atoms with Gasteiger partial charge in [0.2, 0.25) is 11.5 Å². The number of aromatic nitrogens is 2. The highest BCUT2D eigenvalue weighted by Gasteiger charge is 2.56. The first-order valence-electron chi connectivity index (χ1n) is 15.8. The minimum absolute atomic E-state index is 0.0128. The van der Waals surface area contributed by atoms with Gasteiger partial charge in [-0.1, -0.05) is 5.16 Å². The first kappa shape index (κ1) is 33.9. The Labute approximate surface area is 284 Å². The average Bonchev–Trinajstić information content (AvgIpc) is 3.47. The normalized spacial score (nSPS) is 27.0. The number of aryl methyl sites for hydroxylation is 1. The number of rotatable bonds is 12. The molecule has 2 aromatic heterocycles. The lowest BCUT2D eigenvalue weighted by molar-refractivity contribution is -0.941. The second kappa shape index (κ2) is 12.5. The fourth-order valence-electron chi connectivity index (χ4n) is 7.22. The molecule has 1 amide bonds. The Morgan fingerprint density at radius 2 is 1.88 bits per heavy atom. The van der Waals surface area contributed by atoms with E-state index in [1.807, 2.05) is 19.3 Å². The van der Waals surface area contributed by atoms with Crippen LogP contribution in [-0.4, -0.2) is 101 Å². The molecule has 0 aliphatic carbocycles. The molecule has 256 valence electrons. The summed E-state index contributed by atoms with van der Waals surface area (Å²) in [5, 5.41) is 24.7. The van der Waals surface area contributed by atoms with Gasteiger partial charge in [-0.25, -0.2) is 14.6 Å². The number of β-lactam (4-membered cyclic amide) rings is 1. The highest BCUT2D eigenvalue weighted by atomic mass is 32.2. The van der Waals surface area contributed by atoms with E-state index in [9.17, 15) is 34.2 Å². The van der Waals surface area contributed by atoms with Gasteiger partial charge in [-0.15, -0.1) is 23.1 Å². The number of fused-ring (bicyclic) bond motifs is 4. The van der Waals surface area contributed by atoms with Crippen molar-refractivity contribution in [2.75, 3.05) is 37.7 Å². The van der Waals surface area contributed by atoms with E-state index in [0.717, 1.165) is 72.4 Å². The number of nitrogen functional groups attached to an aromatic ring is 1. The van der Waals surface area contributed by atoms with Crippen LogP contribution in [0.3, 0.4) is 0 Å². The third-order valence-electron chi connectivity index (χ3n) is 10.2. The summed E-state index contributed by atoms with van der Waals surface area (Å²) >= 11 is 2.52. The zero-order chi connectivity index (χ0) is 34.6. The highest BCUT2D eigenvalue weighted by Crippen LogP contribution is 2.49. The summed E-state index contributed by atoms with van der Waals surface area (Å²) in [7, 11) is 0. The lowest BCUT2D eigenvalue weighted by Gasteiger charge is -2.56. The van der Waals surface area contributed by atoms with Crippen LogP contribution < -0.4 is 11.2 Å². The molecule has 7 rings (SSSR count). The van der Waals surface area contributed by atoms with Crippen molar-refractivity contribution >= 4 is 57.6 Å². The number of amides is 1. The Kier molecular flexibility index (Phi) is 8.79. The lowest BCUT2D eigenvalue weighted by Crippen LogP contribution is -2.65. The largest absolute Gasteiger partial charge is 0.478 e. The fourth-order valence-corrected chi connectivity index (χ4v) is 9.17. The van der Waals surface area contributed by atoms with Crippen LogP contribution in [-0.2, 0) is 30.6 Å². The average molecular weight is 700 g/mol. The van der Waals surface area contributed by atoms with Crippen molar-refractivity contribution in [2.45, 2.75) is 64.0 Å². The number of pyridine rings is 1. The molecule has 2 atom stereocenters. The van der Waals surface area contributed by atoms with Gasteiger partial charge in [0.1, 0.15) is 17.9 Å². The van der Waals surface area contributed by atoms with Crippen LogP contribution >= 0.6 is 23.1 Å². The van der Waals surface area contributed by atoms with E-state index < -0.39 is 40.5 Å². The second-order valence-corrected chi connectivity index (χ2v) is 15.9. The zero-order valence-electron chi connectivity index (χ0n) is 27.0. The monoisotopic (exact) mass is 699 g/mol. The summed E-state index contributed by atoms with van der Waals surface area (Å²) < 4.78 is 2.90. The van der Waals surface area contributed by atoms with Crippen LogP contribution in [0.4, 0.5) is 5.13 Å². The number of oxime groups is 1. The van der Waals surface area contributed by atoms with Gasteiger partial charge in [0, 0.05) is 78.4 Å². The number of ketones is 1. The summed E-state index contributed by atoms with van der Waals surface area (Å²) in [6, 6.07) is 1.62. The zero-order valence-corrected chi connectivity index (χ0v) is 28.6. The molecule has 0 aromatic carbocycles. The van der Waals surface area contributed by atoms with Crippen LogP contribution in [0.2, 0.25) is 0 Å². The first-order chi connectivity index (χ1) is 22.6. The standard InChI is InChI=1S/C32H38N6O8S2/c1-18-13-36(8-4-22(18)39)17-32-5-9-38(10-6-32,11-7-32)14-19-15-47-27-20(26(41)37(27)25(19)28(42)43)12-23(40)24(21-16-48-30(33)34-21)35-46-31(2,3)29(44)45/h4,8,13,16,20,27H,5-7,9-12,14-15,17H2,1-3H3,(H3-,33,34,42,43,44,45)/p+1/b35-24-/t20-,27-,32?,38?/m1/s1. The Bertz CT molecular complexity index is 1790. The predicted octanol–water partition coefficient (Wildman–Crippen LogP) is 2.31. The number of thiazole rings is 1. The van der Waals surface area contributed by atoms with E-state index in [4.69, 9.17) is 10.6 Å². The number of anilines is 1. The Balaban J connectivity index is 1.15. The minimum atomic E-state index is -1.73. The molecule has 5 aliphatic rings. The van der Waals surface area contributed by atoms with Gasteiger partial charge in [0.25, 0.3) is 0 Å². The summed E-state index contributed by atoms with van der Waals surface area (Å²) in [5.41, 5.74) is 5.53. The van der Waals surface area contributed by atoms with Crippen LogP contribution in [0.25, 0.3) is 0 Å². The molecular formula is C32H39N6O8S2+. The second-order valence-electron chi connectivity index (χ2n) is 13.9. The molecule has 4 saturated heterocycles. The topological polar surface area (TPSA) is 194 Å². The van der Waals surface area contributed by atoms with E-state index in [2.05, 4.69) is 14.7 Å². The van der Waals surface area contributed by atoms with Crippen molar-refractivity contribution in [1.29, 1.82) is 0 Å². The summed E-state index contributed by atoms with van der Waals surface area (Å²) in [5.74, 6) is -3.85. The fraction of sp³-hybridized carbons (Fsp3) is 0.531. The summed E-state index contributed by atoms with van der Waals surface area (Å²) in [6.07, 6.45) is 6.49. The van der Waals surface area contributed by atoms with Crippen LogP contribution in [0, 0.1) is 18.3 Å². The Morgan fingerprint density at radius 3 is 2.46 bits per heavy atom. The van der Waals surface area contributed by atoms with Gasteiger partial charge in [-0.3, -0.25) is 19.3 Å². The molecule has 7 heterocycles. The highest BCUT2D eigenvalue weighted by molar-refractivity contribution is 8.00. The maximum absolute atomic E-state index is 13.5. The molecule has 4 fully saturated rings. The number of carbonyl (C=O) groups is 4. The molecule has 2 bridgehead atoms. The van der Waals surface area contributed by atoms with E-state index in [-0.39, 0.29) is 39.5 Å². The van der Waals surface area contributed by atoms with E-state index in [0.29, 0.717) is 12.3 Å². The summed E-state index contributed by atoms with van der Waals surface area (Å²) in [4.78, 5) is 73.7. The number of hydrogen-bond acceptors (Lipinski definition) is 11. The number of nitrogens with zero attached hydrogens (tertiary/aromatic N) is 5. The first-order valence-corrected chi connectivity index (χ1v) is 17.7. The van der Waals surface area contributed by atoms with Gasteiger partial charge in [0.05, 0.1) is 30.9 Å². The van der Waals surface area contributed by atoms with Gasteiger partial charge < -0.3 is 29.8 Å². The Morgan fingerprint density at radius 1 is 1.19 bits per heavy atom. The van der Waals surface area contributed by atoms with Crippen molar-refractivity contribution < 1.29 is 38.7 Å². The number of carboxylic acids is 2. The molecule has 0 spiro atoms. The minimum Gasteiger partial charge on any atom is -0.478 e. The number of carboxylic acid groups (broad SMARTS) is 2. The van der Waals surface area contributed by atoms with Crippen molar-refractivity contribution in [1.82, 2.24) is 14.5 Å². The molecule has 0 unspecified atom stereocenters. The number of thioether (sulfide) groups is 1. The molecule has 0 radical (unpaired) electrons. The number of aliphatic carboxylic acids is 2. The van der Waals surface area contributed by atoms with Crippen molar-refractivity contribution in [3.63, 3.8) is 0 Å². The van der Waals surface area contributed by atoms with E-state index >= 15 is 0 Å². The molecular weight excluding hydrogens is 661 g/mol. The molecule has 4 N–H and O–H groups in total. The van der Waals surface area contributed by atoms with Gasteiger partial charge in [-0.05, 0) is 20.8 Å². The molecule has 16 heteroatoms. The van der Waals surface area contributed by atoms with Crippen molar-refractivity contribution in [3.05, 3.63) is 56.6 Å². The maximum atomic E-state index is 13.5. The van der Waals surface area contributed by atoms with Crippen LogP contribution in [0.5, 0.6) is 0 Å². The molecule has 14 nitrogen and oxygen atoms in total. The maximum Gasteiger partial charge on any atom is 0.352 e. The number of carbonyl (C=O) groups excluding carboxylic acids is 2. The lowest BCUT2D eigenvalue weighted by atomic mass is 9.70. The van der Waals surface area contributed by atoms with Crippen molar-refractivity contribution in [2.24, 2.45) is 16.5 Å². The van der Waals surface area contributed by atoms with Gasteiger partial charge in [0.15, 0.2) is 22.1 Å². The number of hydrogen-bond donors (Lipinski definition) is 3. The smallest absolute Gasteiger partial charge is 0.352 e. The van der Waals surface area contributed by atoms with Gasteiger partial charge >= 0.3 is 11.9 Å². The third kappa shape index (κ3) is 6.28. The molecule has 0 saturated carbocycles. The number of piperidine rings is 3. The SMILES string of the molecule is Cc1cn(CC23CC[N+](CC4=C(C(=O)O)N5C(=O)[C@@H](CC(=O)/C(=N\OC(C)(C)C(=O)O)c6csc(N)n6)[C@H]5SC4)(CC2)CC3)ccc1=O. The summed E-state index contributed by atoms with van der Waals surface area (Å²) in [6.45, 7) is 8.55. The van der Waals surface area contributed by atoms with E-state index in [1.165, 1.54) is 35.9 Å². The van der Waals surface area contributed by atoms with Crippen LogP contribution in [0.15, 0.2) is 45.1 Å². The molecule has 48 heavy (non-hydrogen) atoms. The molecule has 5 aliphatic heterocycles. The number of nitrogens with two attached hydrogens (primary N) is 1.